The largest absolute Gasteiger partial charge is 0.367 e. The van der Waals surface area contributed by atoms with Gasteiger partial charge in [0.15, 0.2) is 5.82 Å². The van der Waals surface area contributed by atoms with Gasteiger partial charge in [-0.05, 0) is 44.2 Å². The molecule has 7 heteroatoms. The minimum atomic E-state index is 0.168. The lowest BCUT2D eigenvalue weighted by molar-refractivity contribution is -0.130. The average molecular weight is 380 g/mol. The predicted molar refractivity (Wildman–Crippen MR) is 109 cm³/mol. The van der Waals surface area contributed by atoms with Crippen LogP contribution in [0, 0.1) is 0 Å². The Morgan fingerprint density at radius 1 is 1.25 bits per heavy atom. The van der Waals surface area contributed by atoms with Crippen LogP contribution in [-0.4, -0.2) is 70.4 Å². The molecule has 2 aliphatic rings. The van der Waals surface area contributed by atoms with E-state index in [0.29, 0.717) is 12.6 Å². The van der Waals surface area contributed by atoms with Gasteiger partial charge < -0.3 is 10.2 Å². The summed E-state index contributed by atoms with van der Waals surface area (Å²) in [6, 6.07) is 4.31. The highest BCUT2D eigenvalue weighted by Crippen LogP contribution is 2.30. The van der Waals surface area contributed by atoms with Gasteiger partial charge in [-0.25, -0.2) is 9.97 Å². The summed E-state index contributed by atoms with van der Waals surface area (Å²) in [5.74, 6) is 1.91. The topological polar surface area (TPSA) is 74.2 Å². The lowest BCUT2D eigenvalue weighted by Gasteiger charge is -2.33. The van der Waals surface area contributed by atoms with Gasteiger partial charge in [0.05, 0.1) is 6.54 Å². The molecule has 1 saturated heterocycles. The smallest absolute Gasteiger partial charge is 0.236 e. The monoisotopic (exact) mass is 380 g/mol. The van der Waals surface area contributed by atoms with Crippen molar-refractivity contribution >= 4 is 11.7 Å². The van der Waals surface area contributed by atoms with E-state index < -0.39 is 0 Å². The Morgan fingerprint density at radius 2 is 2.07 bits per heavy atom. The van der Waals surface area contributed by atoms with Crippen LogP contribution in [-0.2, 0) is 17.6 Å². The first-order valence-electron chi connectivity index (χ1n) is 10.1. The summed E-state index contributed by atoms with van der Waals surface area (Å²) < 4.78 is 0. The van der Waals surface area contributed by atoms with Crippen LogP contribution in [0.25, 0.3) is 11.4 Å². The number of anilines is 1. The third kappa shape index (κ3) is 4.14. The zero-order chi connectivity index (χ0) is 19.5. The van der Waals surface area contributed by atoms with E-state index >= 15 is 0 Å². The number of fused-ring (bicyclic) bond motifs is 1. The van der Waals surface area contributed by atoms with Gasteiger partial charge in [-0.3, -0.25) is 14.7 Å². The van der Waals surface area contributed by atoms with Crippen molar-refractivity contribution in [1.29, 1.82) is 0 Å². The highest BCUT2D eigenvalue weighted by Gasteiger charge is 2.25. The fraction of sp³-hybridized carbons (Fsp3) is 0.524. The van der Waals surface area contributed by atoms with Crippen molar-refractivity contribution in [2.45, 2.75) is 38.1 Å². The third-order valence-electron chi connectivity index (χ3n) is 5.64. The van der Waals surface area contributed by atoms with Crippen LogP contribution in [0.4, 0.5) is 5.82 Å². The third-order valence-corrected chi connectivity index (χ3v) is 5.64. The molecular weight excluding hydrogens is 352 g/mol. The van der Waals surface area contributed by atoms with Gasteiger partial charge in [-0.1, -0.05) is 0 Å². The number of aryl methyl sites for hydroxylation is 1. The molecule has 1 aliphatic carbocycles. The molecular formula is C21H28N6O. The summed E-state index contributed by atoms with van der Waals surface area (Å²) in [6.07, 6.45) is 8.82. The second-order valence-electron chi connectivity index (χ2n) is 7.90. The molecule has 1 fully saturated rings. The fourth-order valence-electron chi connectivity index (χ4n) is 3.94. The summed E-state index contributed by atoms with van der Waals surface area (Å²) in [5.41, 5.74) is 3.40. The number of likely N-dealkylation sites (N-methyl/N-ethyl adjacent to an activating group) is 1. The van der Waals surface area contributed by atoms with Crippen LogP contribution in [0.1, 0.15) is 30.5 Å². The molecule has 0 bridgehead atoms. The molecule has 4 rings (SSSR count). The highest BCUT2D eigenvalue weighted by atomic mass is 16.2. The fourth-order valence-corrected chi connectivity index (χ4v) is 3.94. The SMILES string of the molecule is CN(C)C(=O)CN1CCC(Nc2nc(-c3cccnc3)nc3c2CCC3)CC1. The molecule has 2 aromatic heterocycles. The lowest BCUT2D eigenvalue weighted by Crippen LogP contribution is -2.44. The number of amides is 1. The molecule has 2 aromatic rings. The maximum absolute atomic E-state index is 11.9. The number of nitrogens with one attached hydrogen (secondary N) is 1. The highest BCUT2D eigenvalue weighted by molar-refractivity contribution is 5.77. The second-order valence-corrected chi connectivity index (χ2v) is 7.90. The molecule has 1 N–H and O–H groups in total. The first-order chi connectivity index (χ1) is 13.6. The minimum absolute atomic E-state index is 0.168. The zero-order valence-electron chi connectivity index (χ0n) is 16.7. The molecule has 7 nitrogen and oxygen atoms in total. The van der Waals surface area contributed by atoms with Gasteiger partial charge in [0.2, 0.25) is 5.91 Å². The molecule has 0 saturated carbocycles. The van der Waals surface area contributed by atoms with Gasteiger partial charge in [-0.2, -0.15) is 0 Å². The number of pyridine rings is 1. The van der Waals surface area contributed by atoms with Crippen molar-refractivity contribution in [3.05, 3.63) is 35.8 Å². The van der Waals surface area contributed by atoms with E-state index in [-0.39, 0.29) is 5.91 Å². The molecule has 0 radical (unpaired) electrons. The Balaban J connectivity index is 1.45. The number of carbonyl (C=O) groups excluding carboxylic acids is 1. The van der Waals surface area contributed by atoms with E-state index in [1.54, 1.807) is 11.1 Å². The first kappa shape index (κ1) is 18.8. The van der Waals surface area contributed by atoms with Crippen molar-refractivity contribution in [2.24, 2.45) is 0 Å². The van der Waals surface area contributed by atoms with Crippen molar-refractivity contribution in [1.82, 2.24) is 24.8 Å². The van der Waals surface area contributed by atoms with Gasteiger partial charge in [0.25, 0.3) is 0 Å². The summed E-state index contributed by atoms with van der Waals surface area (Å²) in [4.78, 5) is 29.7. The van der Waals surface area contributed by atoms with E-state index in [4.69, 9.17) is 9.97 Å². The number of hydrogen-bond donors (Lipinski definition) is 1. The summed E-state index contributed by atoms with van der Waals surface area (Å²) >= 11 is 0. The molecule has 1 amide bonds. The standard InChI is InChI=1S/C21H28N6O/c1-26(2)19(28)14-27-11-8-16(9-12-27)23-21-17-6-3-7-18(17)24-20(25-21)15-5-4-10-22-13-15/h4-5,10,13,16H,3,6-9,11-12,14H2,1-2H3,(H,23,24,25). The quantitative estimate of drug-likeness (QED) is 0.855. The van der Waals surface area contributed by atoms with Crippen LogP contribution in [0.15, 0.2) is 24.5 Å². The number of nitrogens with zero attached hydrogens (tertiary/aromatic N) is 5. The van der Waals surface area contributed by atoms with Gasteiger partial charge in [0, 0.05) is 62.4 Å². The van der Waals surface area contributed by atoms with Crippen LogP contribution in [0.2, 0.25) is 0 Å². The first-order valence-corrected chi connectivity index (χ1v) is 10.1. The Bertz CT molecular complexity index is 830. The van der Waals surface area contributed by atoms with E-state index in [0.717, 1.165) is 62.4 Å². The Morgan fingerprint density at radius 3 is 2.79 bits per heavy atom. The van der Waals surface area contributed by atoms with E-state index in [1.165, 1.54) is 11.3 Å². The molecule has 148 valence electrons. The maximum atomic E-state index is 11.9. The van der Waals surface area contributed by atoms with Crippen molar-refractivity contribution in [2.75, 3.05) is 39.0 Å². The van der Waals surface area contributed by atoms with Crippen LogP contribution in [0.5, 0.6) is 0 Å². The van der Waals surface area contributed by atoms with Gasteiger partial charge in [-0.15, -0.1) is 0 Å². The Hall–Kier alpha value is -2.54. The summed E-state index contributed by atoms with van der Waals surface area (Å²) in [6.45, 7) is 2.37. The Labute approximate surface area is 166 Å². The van der Waals surface area contributed by atoms with Crippen LogP contribution >= 0.6 is 0 Å². The number of rotatable bonds is 5. The van der Waals surface area contributed by atoms with Gasteiger partial charge in [0.1, 0.15) is 5.82 Å². The van der Waals surface area contributed by atoms with Gasteiger partial charge >= 0.3 is 0 Å². The number of likely N-dealkylation sites (tertiary alicyclic amines) is 1. The predicted octanol–water partition coefficient (Wildman–Crippen LogP) is 1.99. The van der Waals surface area contributed by atoms with Crippen molar-refractivity contribution in [3.63, 3.8) is 0 Å². The minimum Gasteiger partial charge on any atom is -0.367 e. The lowest BCUT2D eigenvalue weighted by atomic mass is 10.0. The second kappa shape index (κ2) is 8.22. The number of piperidine rings is 1. The molecule has 0 atom stereocenters. The summed E-state index contributed by atoms with van der Waals surface area (Å²) in [7, 11) is 3.62. The average Bonchev–Trinajstić information content (AvgIpc) is 3.19. The van der Waals surface area contributed by atoms with Crippen molar-refractivity contribution < 1.29 is 4.79 Å². The van der Waals surface area contributed by atoms with Crippen molar-refractivity contribution in [3.8, 4) is 11.4 Å². The van der Waals surface area contributed by atoms with E-state index in [2.05, 4.69) is 15.2 Å². The summed E-state index contributed by atoms with van der Waals surface area (Å²) in [5, 5.41) is 3.69. The number of hydrogen-bond acceptors (Lipinski definition) is 6. The molecule has 1 aliphatic heterocycles. The van der Waals surface area contributed by atoms with Crippen LogP contribution < -0.4 is 5.32 Å². The number of carbonyl (C=O) groups is 1. The number of aromatic nitrogens is 3. The zero-order valence-corrected chi connectivity index (χ0v) is 16.7. The van der Waals surface area contributed by atoms with E-state index in [1.807, 2.05) is 32.4 Å². The molecule has 28 heavy (non-hydrogen) atoms. The maximum Gasteiger partial charge on any atom is 0.236 e. The van der Waals surface area contributed by atoms with E-state index in [9.17, 15) is 4.79 Å². The molecule has 0 unspecified atom stereocenters. The Kier molecular flexibility index (Phi) is 5.52. The van der Waals surface area contributed by atoms with Crippen LogP contribution in [0.3, 0.4) is 0 Å². The molecule has 0 aromatic carbocycles. The molecule has 0 spiro atoms. The molecule has 3 heterocycles. The normalized spacial score (nSPS) is 17.4.